The van der Waals surface area contributed by atoms with Crippen molar-refractivity contribution in [3.05, 3.63) is 65.2 Å². The average molecular weight is 391 g/mol. The van der Waals surface area contributed by atoms with Crippen LogP contribution in [0.4, 0.5) is 17.6 Å². The molecule has 0 saturated carbocycles. The van der Waals surface area contributed by atoms with Crippen molar-refractivity contribution in [3.63, 3.8) is 0 Å². The SMILES string of the molecule is O=C(c1ccc(C(F)(F)F)cc1)N1CCC(c2nc3ccc(F)cc3[nH]2)CC1. The van der Waals surface area contributed by atoms with Crippen LogP contribution in [0.3, 0.4) is 0 Å². The van der Waals surface area contributed by atoms with E-state index >= 15 is 0 Å². The Bertz CT molecular complexity index is 1000. The van der Waals surface area contributed by atoms with Crippen molar-refractivity contribution in [3.8, 4) is 0 Å². The van der Waals surface area contributed by atoms with E-state index in [4.69, 9.17) is 0 Å². The maximum atomic E-state index is 13.3. The highest BCUT2D eigenvalue weighted by atomic mass is 19.4. The molecule has 2 aromatic carbocycles. The second-order valence-electron chi connectivity index (χ2n) is 6.93. The van der Waals surface area contributed by atoms with E-state index in [0.717, 1.165) is 18.0 Å². The molecule has 4 nitrogen and oxygen atoms in total. The molecule has 4 rings (SSSR count). The van der Waals surface area contributed by atoms with Crippen LogP contribution in [-0.4, -0.2) is 33.9 Å². The first-order chi connectivity index (χ1) is 13.3. The highest BCUT2D eigenvalue weighted by molar-refractivity contribution is 5.94. The van der Waals surface area contributed by atoms with Gasteiger partial charge in [-0.1, -0.05) is 0 Å². The zero-order valence-corrected chi connectivity index (χ0v) is 14.8. The third-order valence-corrected chi connectivity index (χ3v) is 5.09. The van der Waals surface area contributed by atoms with Gasteiger partial charge in [-0.15, -0.1) is 0 Å². The van der Waals surface area contributed by atoms with E-state index in [9.17, 15) is 22.4 Å². The number of H-pyrrole nitrogens is 1. The minimum Gasteiger partial charge on any atom is -0.342 e. The van der Waals surface area contributed by atoms with Crippen molar-refractivity contribution in [1.29, 1.82) is 0 Å². The number of amides is 1. The Hall–Kier alpha value is -2.90. The van der Waals surface area contributed by atoms with Crippen molar-refractivity contribution in [2.24, 2.45) is 0 Å². The van der Waals surface area contributed by atoms with Crippen molar-refractivity contribution < 1.29 is 22.4 Å². The lowest BCUT2D eigenvalue weighted by molar-refractivity contribution is -0.137. The maximum absolute atomic E-state index is 13.3. The second-order valence-corrected chi connectivity index (χ2v) is 6.93. The van der Waals surface area contributed by atoms with Crippen LogP contribution in [0.15, 0.2) is 42.5 Å². The average Bonchev–Trinajstić information content (AvgIpc) is 3.10. The normalized spacial score (nSPS) is 15.9. The molecule has 2 heterocycles. The van der Waals surface area contributed by atoms with E-state index in [1.165, 1.54) is 24.3 Å². The Morgan fingerprint density at radius 3 is 2.39 bits per heavy atom. The highest BCUT2D eigenvalue weighted by Gasteiger charge is 2.31. The summed E-state index contributed by atoms with van der Waals surface area (Å²) in [6.07, 6.45) is -3.07. The van der Waals surface area contributed by atoms with Crippen molar-refractivity contribution >= 4 is 16.9 Å². The summed E-state index contributed by atoms with van der Waals surface area (Å²) in [4.78, 5) is 21.8. The fourth-order valence-electron chi connectivity index (χ4n) is 3.54. The Balaban J connectivity index is 1.42. The van der Waals surface area contributed by atoms with Gasteiger partial charge in [0, 0.05) is 24.6 Å². The summed E-state index contributed by atoms with van der Waals surface area (Å²) in [7, 11) is 0. The van der Waals surface area contributed by atoms with E-state index < -0.39 is 11.7 Å². The van der Waals surface area contributed by atoms with Crippen LogP contribution < -0.4 is 0 Å². The fraction of sp³-hybridized carbons (Fsp3) is 0.300. The molecule has 1 fully saturated rings. The summed E-state index contributed by atoms with van der Waals surface area (Å²) in [6.45, 7) is 0.964. The molecular weight excluding hydrogens is 374 g/mol. The van der Waals surface area contributed by atoms with Crippen LogP contribution >= 0.6 is 0 Å². The molecule has 0 radical (unpaired) electrons. The molecule has 3 aromatic rings. The smallest absolute Gasteiger partial charge is 0.342 e. The Morgan fingerprint density at radius 2 is 1.75 bits per heavy atom. The molecular formula is C20H17F4N3O. The van der Waals surface area contributed by atoms with Gasteiger partial charge in [-0.25, -0.2) is 9.37 Å². The van der Waals surface area contributed by atoms with Crippen LogP contribution in [0.1, 0.15) is 40.5 Å². The van der Waals surface area contributed by atoms with Crippen molar-refractivity contribution in [2.75, 3.05) is 13.1 Å². The van der Waals surface area contributed by atoms with Gasteiger partial charge in [0.25, 0.3) is 5.91 Å². The number of carbonyl (C=O) groups is 1. The summed E-state index contributed by atoms with van der Waals surface area (Å²) >= 11 is 0. The number of rotatable bonds is 2. The lowest BCUT2D eigenvalue weighted by Crippen LogP contribution is -2.38. The van der Waals surface area contributed by atoms with Crippen LogP contribution in [0, 0.1) is 5.82 Å². The number of alkyl halides is 3. The largest absolute Gasteiger partial charge is 0.416 e. The van der Waals surface area contributed by atoms with Gasteiger partial charge in [0.2, 0.25) is 0 Å². The van der Waals surface area contributed by atoms with Crippen LogP contribution in [-0.2, 0) is 6.18 Å². The third kappa shape index (κ3) is 3.58. The molecule has 0 atom stereocenters. The zero-order valence-electron chi connectivity index (χ0n) is 14.8. The van der Waals surface area contributed by atoms with Crippen LogP contribution in [0.2, 0.25) is 0 Å². The molecule has 1 aliphatic rings. The molecule has 1 amide bonds. The predicted molar refractivity (Wildman–Crippen MR) is 95.4 cm³/mol. The topological polar surface area (TPSA) is 49.0 Å². The predicted octanol–water partition coefficient (Wildman–Crippen LogP) is 4.74. The number of carbonyl (C=O) groups excluding carboxylic acids is 1. The number of hydrogen-bond acceptors (Lipinski definition) is 2. The Labute approximate surface area is 158 Å². The molecule has 1 saturated heterocycles. The number of fused-ring (bicyclic) bond motifs is 1. The van der Waals surface area contributed by atoms with Gasteiger partial charge in [0.05, 0.1) is 16.6 Å². The summed E-state index contributed by atoms with van der Waals surface area (Å²) in [5.74, 6) is 0.271. The van der Waals surface area contributed by atoms with Gasteiger partial charge in [0.1, 0.15) is 11.6 Å². The lowest BCUT2D eigenvalue weighted by atomic mass is 9.95. The van der Waals surface area contributed by atoms with Crippen LogP contribution in [0.5, 0.6) is 0 Å². The van der Waals surface area contributed by atoms with Gasteiger partial charge in [-0.3, -0.25) is 4.79 Å². The Morgan fingerprint density at radius 1 is 1.07 bits per heavy atom. The molecule has 1 aromatic heterocycles. The molecule has 0 bridgehead atoms. The third-order valence-electron chi connectivity index (χ3n) is 5.09. The molecule has 1 N–H and O–H groups in total. The van der Waals surface area contributed by atoms with Crippen LogP contribution in [0.25, 0.3) is 11.0 Å². The maximum Gasteiger partial charge on any atom is 0.416 e. The molecule has 0 aliphatic carbocycles. The summed E-state index contributed by atoms with van der Waals surface area (Å²) in [6, 6.07) is 8.65. The van der Waals surface area contributed by atoms with Gasteiger partial charge in [-0.05, 0) is 55.3 Å². The quantitative estimate of drug-likeness (QED) is 0.642. The minimum atomic E-state index is -4.42. The lowest BCUT2D eigenvalue weighted by Gasteiger charge is -2.31. The number of imidazole rings is 1. The molecule has 1 aliphatic heterocycles. The number of nitrogens with one attached hydrogen (secondary N) is 1. The first-order valence-electron chi connectivity index (χ1n) is 8.93. The zero-order chi connectivity index (χ0) is 19.9. The first-order valence-corrected chi connectivity index (χ1v) is 8.93. The summed E-state index contributed by atoms with van der Waals surface area (Å²) in [5, 5.41) is 0. The van der Waals surface area contributed by atoms with E-state index in [1.807, 2.05) is 0 Å². The molecule has 28 heavy (non-hydrogen) atoms. The number of piperidine rings is 1. The monoisotopic (exact) mass is 391 g/mol. The van der Waals surface area contributed by atoms with Gasteiger partial charge < -0.3 is 9.88 Å². The number of aromatic amines is 1. The Kier molecular flexibility index (Phi) is 4.56. The highest BCUT2D eigenvalue weighted by Crippen LogP contribution is 2.31. The number of hydrogen-bond donors (Lipinski definition) is 1. The standard InChI is InChI=1S/C20H17F4N3O/c21-15-5-6-16-17(11-15)26-18(25-16)12-7-9-27(10-8-12)19(28)13-1-3-14(4-2-13)20(22,23)24/h1-6,11-12H,7-10H2,(H,25,26). The van der Waals surface area contributed by atoms with Gasteiger partial charge >= 0.3 is 6.18 Å². The number of likely N-dealkylation sites (tertiary alicyclic amines) is 1. The number of nitrogens with zero attached hydrogens (tertiary/aromatic N) is 2. The van der Waals surface area contributed by atoms with Crippen molar-refractivity contribution in [2.45, 2.75) is 24.9 Å². The van der Waals surface area contributed by atoms with Crippen molar-refractivity contribution in [1.82, 2.24) is 14.9 Å². The number of benzene rings is 2. The summed E-state index contributed by atoms with van der Waals surface area (Å²) < 4.78 is 51.3. The molecule has 146 valence electrons. The van der Waals surface area contributed by atoms with E-state index in [-0.39, 0.29) is 23.2 Å². The van der Waals surface area contributed by atoms with Gasteiger partial charge in [-0.2, -0.15) is 13.2 Å². The van der Waals surface area contributed by atoms with Gasteiger partial charge in [0.15, 0.2) is 0 Å². The molecule has 0 unspecified atom stereocenters. The first kappa shape index (κ1) is 18.5. The van der Waals surface area contributed by atoms with E-state index in [1.54, 1.807) is 11.0 Å². The van der Waals surface area contributed by atoms with E-state index in [2.05, 4.69) is 9.97 Å². The summed E-state index contributed by atoms with van der Waals surface area (Å²) in [5.41, 5.74) is 0.799. The minimum absolute atomic E-state index is 0.118. The second kappa shape index (κ2) is 6.92. The molecule has 8 heteroatoms. The number of halogens is 4. The fourth-order valence-corrected chi connectivity index (χ4v) is 3.54. The molecule has 0 spiro atoms. The number of aromatic nitrogens is 2. The van der Waals surface area contributed by atoms with E-state index in [0.29, 0.717) is 37.0 Å².